The van der Waals surface area contributed by atoms with E-state index in [1.165, 1.54) is 18.5 Å². The lowest BCUT2D eigenvalue weighted by molar-refractivity contribution is -0.385. The van der Waals surface area contributed by atoms with Gasteiger partial charge in [0.1, 0.15) is 11.6 Å². The van der Waals surface area contributed by atoms with Crippen molar-refractivity contribution >= 4 is 11.5 Å². The van der Waals surface area contributed by atoms with Crippen LogP contribution in [-0.4, -0.2) is 14.9 Å². The Bertz CT molecular complexity index is 643. The van der Waals surface area contributed by atoms with Crippen LogP contribution < -0.4 is 10.5 Å². The Balaban J connectivity index is 2.36. The third-order valence-corrected chi connectivity index (χ3v) is 2.54. The van der Waals surface area contributed by atoms with Gasteiger partial charge in [0.2, 0.25) is 5.88 Å². The molecule has 7 nitrogen and oxygen atoms in total. The van der Waals surface area contributed by atoms with E-state index in [4.69, 9.17) is 10.5 Å². The number of nitro benzene ring substituents is 1. The smallest absolute Gasteiger partial charge is 0.272 e. The molecule has 19 heavy (non-hydrogen) atoms. The third-order valence-electron chi connectivity index (χ3n) is 2.54. The first-order valence-corrected chi connectivity index (χ1v) is 5.48. The normalized spacial score (nSPS) is 10.2. The van der Waals surface area contributed by atoms with Gasteiger partial charge in [-0.05, 0) is 25.5 Å². The van der Waals surface area contributed by atoms with Gasteiger partial charge < -0.3 is 10.5 Å². The first-order chi connectivity index (χ1) is 8.97. The van der Waals surface area contributed by atoms with E-state index in [1.807, 2.05) is 0 Å². The SMILES string of the molecule is Cc1cc([N+](=O)[O-])c(C)cc1Oc1cncc(N)n1. The van der Waals surface area contributed by atoms with Gasteiger partial charge in [-0.1, -0.05) is 0 Å². The van der Waals surface area contributed by atoms with Gasteiger partial charge in [-0.3, -0.25) is 15.1 Å². The van der Waals surface area contributed by atoms with E-state index in [1.54, 1.807) is 19.9 Å². The molecule has 0 unspecified atom stereocenters. The second kappa shape index (κ2) is 4.89. The van der Waals surface area contributed by atoms with E-state index in [0.29, 0.717) is 16.9 Å². The fraction of sp³-hybridized carbons (Fsp3) is 0.167. The minimum absolute atomic E-state index is 0.0588. The molecule has 1 aromatic carbocycles. The highest BCUT2D eigenvalue weighted by Gasteiger charge is 2.14. The fourth-order valence-corrected chi connectivity index (χ4v) is 1.61. The van der Waals surface area contributed by atoms with Gasteiger partial charge in [-0.25, -0.2) is 0 Å². The summed E-state index contributed by atoms with van der Waals surface area (Å²) in [6, 6.07) is 3.06. The van der Waals surface area contributed by atoms with Gasteiger partial charge in [0.25, 0.3) is 5.69 Å². The van der Waals surface area contributed by atoms with Crippen LogP contribution in [0.25, 0.3) is 0 Å². The van der Waals surface area contributed by atoms with E-state index >= 15 is 0 Å². The topological polar surface area (TPSA) is 104 Å². The molecule has 98 valence electrons. The highest BCUT2D eigenvalue weighted by atomic mass is 16.6. The number of nitrogens with zero attached hydrogens (tertiary/aromatic N) is 3. The van der Waals surface area contributed by atoms with Gasteiger partial charge >= 0.3 is 0 Å². The molecular weight excluding hydrogens is 248 g/mol. The second-order valence-electron chi connectivity index (χ2n) is 4.05. The highest BCUT2D eigenvalue weighted by molar-refractivity contribution is 5.50. The Kier molecular flexibility index (Phi) is 3.28. The number of nitro groups is 1. The van der Waals surface area contributed by atoms with E-state index in [-0.39, 0.29) is 17.4 Å². The zero-order chi connectivity index (χ0) is 14.0. The van der Waals surface area contributed by atoms with Gasteiger partial charge in [0.05, 0.1) is 17.3 Å². The van der Waals surface area contributed by atoms with Gasteiger partial charge in [0, 0.05) is 11.6 Å². The van der Waals surface area contributed by atoms with E-state index < -0.39 is 4.92 Å². The third kappa shape index (κ3) is 2.76. The lowest BCUT2D eigenvalue weighted by Crippen LogP contribution is -1.98. The molecule has 0 aliphatic carbocycles. The quantitative estimate of drug-likeness (QED) is 0.671. The maximum absolute atomic E-state index is 10.8. The number of anilines is 1. The molecule has 2 N–H and O–H groups in total. The van der Waals surface area contributed by atoms with Crippen LogP contribution in [-0.2, 0) is 0 Å². The van der Waals surface area contributed by atoms with Crippen molar-refractivity contribution in [3.8, 4) is 11.6 Å². The largest absolute Gasteiger partial charge is 0.437 e. The van der Waals surface area contributed by atoms with Crippen LogP contribution >= 0.6 is 0 Å². The van der Waals surface area contributed by atoms with Crippen LogP contribution in [0.3, 0.4) is 0 Å². The Morgan fingerprint density at radius 2 is 2.00 bits per heavy atom. The highest BCUT2D eigenvalue weighted by Crippen LogP contribution is 2.30. The zero-order valence-corrected chi connectivity index (χ0v) is 10.5. The Morgan fingerprint density at radius 1 is 1.26 bits per heavy atom. The minimum Gasteiger partial charge on any atom is -0.437 e. The summed E-state index contributed by atoms with van der Waals surface area (Å²) in [6.45, 7) is 3.37. The van der Waals surface area contributed by atoms with Crippen LogP contribution in [0.4, 0.5) is 11.5 Å². The van der Waals surface area contributed by atoms with Gasteiger partial charge in [0.15, 0.2) is 0 Å². The van der Waals surface area contributed by atoms with Crippen LogP contribution in [0.5, 0.6) is 11.6 Å². The molecule has 0 atom stereocenters. The molecule has 7 heteroatoms. The van der Waals surface area contributed by atoms with E-state index in [0.717, 1.165) is 0 Å². The maximum atomic E-state index is 10.8. The maximum Gasteiger partial charge on any atom is 0.272 e. The molecule has 0 spiro atoms. The van der Waals surface area contributed by atoms with E-state index in [9.17, 15) is 10.1 Å². The summed E-state index contributed by atoms with van der Waals surface area (Å²) in [7, 11) is 0. The predicted molar refractivity (Wildman–Crippen MR) is 69.1 cm³/mol. The molecule has 0 aliphatic rings. The second-order valence-corrected chi connectivity index (χ2v) is 4.05. The molecule has 2 rings (SSSR count). The average Bonchev–Trinajstić information content (AvgIpc) is 2.33. The summed E-state index contributed by atoms with van der Waals surface area (Å²) in [6.07, 6.45) is 2.83. The Morgan fingerprint density at radius 3 is 2.63 bits per heavy atom. The van der Waals surface area contributed by atoms with Crippen molar-refractivity contribution < 1.29 is 9.66 Å². The van der Waals surface area contributed by atoms with Crippen molar-refractivity contribution in [3.05, 3.63) is 45.8 Å². The van der Waals surface area contributed by atoms with Gasteiger partial charge in [-0.15, -0.1) is 0 Å². The lowest BCUT2D eigenvalue weighted by atomic mass is 10.1. The van der Waals surface area contributed by atoms with E-state index in [2.05, 4.69) is 9.97 Å². The van der Waals surface area contributed by atoms with Crippen LogP contribution in [0, 0.1) is 24.0 Å². The number of rotatable bonds is 3. The molecule has 1 heterocycles. The van der Waals surface area contributed by atoms with Gasteiger partial charge in [-0.2, -0.15) is 4.98 Å². The van der Waals surface area contributed by atoms with Crippen LogP contribution in [0.1, 0.15) is 11.1 Å². The summed E-state index contributed by atoms with van der Waals surface area (Å²) in [5.74, 6) is 0.980. The Hall–Kier alpha value is -2.70. The predicted octanol–water partition coefficient (Wildman–Crippen LogP) is 2.38. The van der Waals surface area contributed by atoms with Crippen molar-refractivity contribution in [1.29, 1.82) is 0 Å². The summed E-state index contributed by atoms with van der Waals surface area (Å²) in [5.41, 5.74) is 6.72. The summed E-state index contributed by atoms with van der Waals surface area (Å²) in [5, 5.41) is 10.8. The first kappa shape index (κ1) is 12.7. The number of hydrogen-bond donors (Lipinski definition) is 1. The van der Waals surface area contributed by atoms with Crippen LogP contribution in [0.2, 0.25) is 0 Å². The van der Waals surface area contributed by atoms with Crippen LogP contribution in [0.15, 0.2) is 24.5 Å². The average molecular weight is 260 g/mol. The number of ether oxygens (including phenoxy) is 1. The lowest BCUT2D eigenvalue weighted by Gasteiger charge is -2.09. The monoisotopic (exact) mass is 260 g/mol. The molecule has 2 aromatic rings. The molecule has 0 fully saturated rings. The van der Waals surface area contributed by atoms with Crippen molar-refractivity contribution in [2.75, 3.05) is 5.73 Å². The molecule has 0 amide bonds. The number of aryl methyl sites for hydroxylation is 2. The first-order valence-electron chi connectivity index (χ1n) is 5.48. The van der Waals surface area contributed by atoms with Crippen molar-refractivity contribution in [1.82, 2.24) is 9.97 Å². The van der Waals surface area contributed by atoms with Crippen molar-refractivity contribution in [2.45, 2.75) is 13.8 Å². The number of nitrogen functional groups attached to an aromatic ring is 1. The molecule has 0 bridgehead atoms. The summed E-state index contributed by atoms with van der Waals surface area (Å²) < 4.78 is 5.53. The molecule has 0 saturated carbocycles. The number of aromatic nitrogens is 2. The Labute approximate surface area is 109 Å². The minimum atomic E-state index is -0.424. The molecule has 0 aliphatic heterocycles. The molecule has 0 radical (unpaired) electrons. The summed E-state index contributed by atoms with van der Waals surface area (Å²) in [4.78, 5) is 18.2. The van der Waals surface area contributed by atoms with Crippen molar-refractivity contribution in [3.63, 3.8) is 0 Å². The fourth-order valence-electron chi connectivity index (χ4n) is 1.61. The number of benzene rings is 1. The molecular formula is C12H12N4O3. The summed E-state index contributed by atoms with van der Waals surface area (Å²) >= 11 is 0. The number of hydrogen-bond acceptors (Lipinski definition) is 6. The molecule has 1 aromatic heterocycles. The zero-order valence-electron chi connectivity index (χ0n) is 10.5. The molecule has 0 saturated heterocycles. The standard InChI is InChI=1S/C12H12N4O3/c1-7-4-10(8(2)3-9(7)16(17)18)19-12-6-14-5-11(13)15-12/h3-6H,1-2H3,(H2,13,15). The number of nitrogens with two attached hydrogens (primary N) is 1. The van der Waals surface area contributed by atoms with Crippen molar-refractivity contribution in [2.24, 2.45) is 0 Å².